The molecule has 0 unspecified atom stereocenters. The van der Waals surface area contributed by atoms with Crippen molar-refractivity contribution < 1.29 is 8.42 Å². The molecule has 5 heteroatoms. The number of hydrogen-bond donors (Lipinski definition) is 1. The van der Waals surface area contributed by atoms with Crippen molar-refractivity contribution in [2.45, 2.75) is 5.75 Å². The van der Waals surface area contributed by atoms with Crippen molar-refractivity contribution >= 4 is 27.0 Å². The van der Waals surface area contributed by atoms with Crippen molar-refractivity contribution in [3.63, 3.8) is 0 Å². The van der Waals surface area contributed by atoms with Crippen molar-refractivity contribution in [3.8, 4) is 0 Å². The number of rotatable bonds is 5. The van der Waals surface area contributed by atoms with E-state index in [9.17, 15) is 8.42 Å². The number of thiocarbonyl (C=S) groups is 1. The summed E-state index contributed by atoms with van der Waals surface area (Å²) in [6, 6.07) is 6.98. The standard InChI is InChI=1S/C11H13NO2S2/c1-2-7-16(13,14)8-9-5-3-4-6-10(9)11(12)15/h2-6H,1,7-8H2,(H2,12,15). The maximum Gasteiger partial charge on any atom is 0.157 e. The highest BCUT2D eigenvalue weighted by Crippen LogP contribution is 2.13. The van der Waals surface area contributed by atoms with Crippen LogP contribution in [0, 0.1) is 0 Å². The summed E-state index contributed by atoms with van der Waals surface area (Å²) >= 11 is 4.87. The predicted octanol–water partition coefficient (Wildman–Crippen LogP) is 1.42. The van der Waals surface area contributed by atoms with Gasteiger partial charge in [0, 0.05) is 5.56 Å². The Morgan fingerprint density at radius 3 is 2.62 bits per heavy atom. The van der Waals surface area contributed by atoms with E-state index >= 15 is 0 Å². The molecular weight excluding hydrogens is 242 g/mol. The molecule has 2 N–H and O–H groups in total. The Balaban J connectivity index is 3.06. The number of benzene rings is 1. The van der Waals surface area contributed by atoms with Crippen LogP contribution < -0.4 is 5.73 Å². The van der Waals surface area contributed by atoms with Gasteiger partial charge in [0.25, 0.3) is 0 Å². The Morgan fingerprint density at radius 1 is 1.44 bits per heavy atom. The minimum atomic E-state index is -3.17. The van der Waals surface area contributed by atoms with E-state index in [-0.39, 0.29) is 16.5 Å². The molecule has 0 saturated carbocycles. The summed E-state index contributed by atoms with van der Waals surface area (Å²) in [5.41, 5.74) is 6.78. The van der Waals surface area contributed by atoms with E-state index in [0.717, 1.165) is 0 Å². The van der Waals surface area contributed by atoms with Gasteiger partial charge in [0.05, 0.1) is 11.5 Å². The van der Waals surface area contributed by atoms with Crippen LogP contribution >= 0.6 is 12.2 Å². The molecule has 0 heterocycles. The molecule has 1 aromatic carbocycles. The first kappa shape index (κ1) is 12.9. The van der Waals surface area contributed by atoms with E-state index < -0.39 is 9.84 Å². The molecule has 0 aliphatic carbocycles. The molecule has 0 amide bonds. The van der Waals surface area contributed by atoms with Crippen molar-refractivity contribution in [3.05, 3.63) is 48.0 Å². The molecule has 0 aliphatic rings. The molecule has 3 nitrogen and oxygen atoms in total. The van der Waals surface area contributed by atoms with Crippen molar-refractivity contribution in [1.82, 2.24) is 0 Å². The zero-order valence-corrected chi connectivity index (χ0v) is 10.4. The summed E-state index contributed by atoms with van der Waals surface area (Å²) in [5, 5.41) is 0. The van der Waals surface area contributed by atoms with Gasteiger partial charge in [-0.3, -0.25) is 0 Å². The minimum Gasteiger partial charge on any atom is -0.389 e. The number of hydrogen-bond acceptors (Lipinski definition) is 3. The highest BCUT2D eigenvalue weighted by molar-refractivity contribution is 7.90. The minimum absolute atomic E-state index is 0.0430. The molecule has 0 aromatic heterocycles. The maximum absolute atomic E-state index is 11.6. The highest BCUT2D eigenvalue weighted by atomic mass is 32.2. The summed E-state index contributed by atoms with van der Waals surface area (Å²) in [7, 11) is -3.17. The molecule has 0 spiro atoms. The molecule has 0 aliphatic heterocycles. The van der Waals surface area contributed by atoms with Crippen LogP contribution in [0.2, 0.25) is 0 Å². The fourth-order valence-electron chi connectivity index (χ4n) is 1.36. The lowest BCUT2D eigenvalue weighted by atomic mass is 10.1. The third kappa shape index (κ3) is 3.43. The normalized spacial score (nSPS) is 11.0. The van der Waals surface area contributed by atoms with Crippen LogP contribution in [0.5, 0.6) is 0 Å². The Kier molecular flexibility index (Phi) is 4.20. The van der Waals surface area contributed by atoms with E-state index in [1.165, 1.54) is 6.08 Å². The Labute approximate surface area is 101 Å². The smallest absolute Gasteiger partial charge is 0.157 e. The topological polar surface area (TPSA) is 60.2 Å². The van der Waals surface area contributed by atoms with Crippen LogP contribution in [0.25, 0.3) is 0 Å². The van der Waals surface area contributed by atoms with Gasteiger partial charge in [-0.25, -0.2) is 8.42 Å². The molecule has 0 atom stereocenters. The monoisotopic (exact) mass is 255 g/mol. The van der Waals surface area contributed by atoms with Gasteiger partial charge in [0.2, 0.25) is 0 Å². The van der Waals surface area contributed by atoms with E-state index in [1.54, 1.807) is 24.3 Å². The summed E-state index contributed by atoms with van der Waals surface area (Å²) in [6.07, 6.45) is 1.37. The zero-order chi connectivity index (χ0) is 12.2. The van der Waals surface area contributed by atoms with Gasteiger partial charge in [-0.15, -0.1) is 6.58 Å². The molecule has 0 radical (unpaired) electrons. The van der Waals surface area contributed by atoms with Crippen LogP contribution in [0.3, 0.4) is 0 Å². The molecule has 0 fully saturated rings. The third-order valence-electron chi connectivity index (χ3n) is 2.03. The van der Waals surface area contributed by atoms with Gasteiger partial charge in [0.1, 0.15) is 4.99 Å². The quantitative estimate of drug-likeness (QED) is 0.638. The predicted molar refractivity (Wildman–Crippen MR) is 70.0 cm³/mol. The van der Waals surface area contributed by atoms with E-state index in [2.05, 4.69) is 6.58 Å². The second kappa shape index (κ2) is 5.23. The summed E-state index contributed by atoms with van der Waals surface area (Å²) in [5.74, 6) is -0.106. The first-order valence-corrected chi connectivity index (χ1v) is 6.88. The molecular formula is C11H13NO2S2. The van der Waals surface area contributed by atoms with Gasteiger partial charge in [-0.2, -0.15) is 0 Å². The van der Waals surface area contributed by atoms with Gasteiger partial charge >= 0.3 is 0 Å². The zero-order valence-electron chi connectivity index (χ0n) is 8.72. The van der Waals surface area contributed by atoms with E-state index in [0.29, 0.717) is 11.1 Å². The molecule has 1 aromatic rings. The summed E-state index contributed by atoms with van der Waals surface area (Å²) < 4.78 is 23.2. The van der Waals surface area contributed by atoms with Crippen molar-refractivity contribution in [2.75, 3.05) is 5.75 Å². The van der Waals surface area contributed by atoms with Crippen molar-refractivity contribution in [2.24, 2.45) is 5.73 Å². The average Bonchev–Trinajstić information content (AvgIpc) is 2.17. The van der Waals surface area contributed by atoms with Crippen LogP contribution in [-0.4, -0.2) is 19.2 Å². The van der Waals surface area contributed by atoms with E-state index in [1.807, 2.05) is 0 Å². The van der Waals surface area contributed by atoms with Gasteiger partial charge < -0.3 is 5.73 Å². The first-order chi connectivity index (χ1) is 7.46. The Morgan fingerprint density at radius 2 is 2.06 bits per heavy atom. The van der Waals surface area contributed by atoms with Crippen LogP contribution in [0.15, 0.2) is 36.9 Å². The Hall–Kier alpha value is -1.20. The summed E-state index contributed by atoms with van der Waals surface area (Å²) in [4.78, 5) is 0.212. The lowest BCUT2D eigenvalue weighted by molar-refractivity contribution is 0.598. The summed E-state index contributed by atoms with van der Waals surface area (Å²) in [6.45, 7) is 3.42. The van der Waals surface area contributed by atoms with Crippen LogP contribution in [0.4, 0.5) is 0 Å². The van der Waals surface area contributed by atoms with Gasteiger partial charge in [-0.1, -0.05) is 42.6 Å². The number of nitrogens with two attached hydrogens (primary N) is 1. The molecule has 1 rings (SSSR count). The number of sulfone groups is 1. The maximum atomic E-state index is 11.6. The van der Waals surface area contributed by atoms with Crippen LogP contribution in [0.1, 0.15) is 11.1 Å². The van der Waals surface area contributed by atoms with Crippen LogP contribution in [-0.2, 0) is 15.6 Å². The molecule has 86 valence electrons. The SMILES string of the molecule is C=CCS(=O)(=O)Cc1ccccc1C(N)=S. The molecule has 0 bridgehead atoms. The van der Waals surface area contributed by atoms with Gasteiger partial charge in [0.15, 0.2) is 9.84 Å². The fourth-order valence-corrected chi connectivity index (χ4v) is 2.76. The lowest BCUT2D eigenvalue weighted by Crippen LogP contribution is -2.15. The second-order valence-corrected chi connectivity index (χ2v) is 5.91. The van der Waals surface area contributed by atoms with E-state index in [4.69, 9.17) is 18.0 Å². The fraction of sp³-hybridized carbons (Fsp3) is 0.182. The molecule has 16 heavy (non-hydrogen) atoms. The lowest BCUT2D eigenvalue weighted by Gasteiger charge is -2.07. The highest BCUT2D eigenvalue weighted by Gasteiger charge is 2.13. The van der Waals surface area contributed by atoms with Gasteiger partial charge in [-0.05, 0) is 5.56 Å². The van der Waals surface area contributed by atoms with Crippen molar-refractivity contribution in [1.29, 1.82) is 0 Å². The average molecular weight is 255 g/mol. The Bertz CT molecular complexity index is 506. The first-order valence-electron chi connectivity index (χ1n) is 4.65. The second-order valence-electron chi connectivity index (χ2n) is 3.36. The molecule has 0 saturated heterocycles. The largest absolute Gasteiger partial charge is 0.389 e. The third-order valence-corrected chi connectivity index (χ3v) is 3.74.